The Labute approximate surface area is 65.6 Å². The van der Waals surface area contributed by atoms with Crippen LogP contribution in [0.25, 0.3) is 0 Å². The van der Waals surface area contributed by atoms with Gasteiger partial charge in [-0.3, -0.25) is 0 Å². The van der Waals surface area contributed by atoms with Crippen LogP contribution in [0.15, 0.2) is 0 Å². The minimum atomic E-state index is -5.34. The summed E-state index contributed by atoms with van der Waals surface area (Å²) in [4.78, 5) is 9.96. The summed E-state index contributed by atoms with van der Waals surface area (Å²) in [5, 5.41) is 16.5. The minimum Gasteiger partial charge on any atom is -0.477 e. The molecule has 0 saturated heterocycles. The third kappa shape index (κ3) is 1.86. The van der Waals surface area contributed by atoms with Crippen molar-refractivity contribution in [3.05, 3.63) is 0 Å². The summed E-state index contributed by atoms with van der Waals surface area (Å²) in [6.45, 7) is 0.585. The predicted octanol–water partition coefficient (Wildman–Crippen LogP) is 0.358. The summed E-state index contributed by atoms with van der Waals surface area (Å²) in [6, 6.07) is 0. The van der Waals surface area contributed by atoms with E-state index in [2.05, 4.69) is 4.74 Å². The number of hydrogen-bond donors (Lipinski definition) is 2. The van der Waals surface area contributed by atoms with Crippen molar-refractivity contribution in [3.8, 4) is 0 Å². The molecule has 1 unspecified atom stereocenters. The Kier molecular flexibility index (Phi) is 3.05. The number of carboxylic acids is 1. The van der Waals surface area contributed by atoms with Crippen molar-refractivity contribution in [3.63, 3.8) is 0 Å². The molecular formula is C5H7F3O4. The van der Waals surface area contributed by atoms with E-state index in [1.165, 1.54) is 0 Å². The first-order chi connectivity index (χ1) is 5.25. The highest BCUT2D eigenvalue weighted by Gasteiger charge is 2.62. The molecule has 0 aliphatic heterocycles. The van der Waals surface area contributed by atoms with E-state index < -0.39 is 24.5 Å². The first-order valence-corrected chi connectivity index (χ1v) is 2.92. The number of ether oxygens (including phenoxy) is 1. The van der Waals surface area contributed by atoms with Gasteiger partial charge in [-0.15, -0.1) is 0 Å². The maximum atomic E-state index is 11.8. The molecule has 0 amide bonds. The average molecular weight is 188 g/mol. The fourth-order valence-electron chi connectivity index (χ4n) is 0.474. The lowest BCUT2D eigenvalue weighted by molar-refractivity contribution is -0.350. The maximum Gasteiger partial charge on any atom is 0.455 e. The zero-order valence-corrected chi connectivity index (χ0v) is 6.05. The highest BCUT2D eigenvalue weighted by molar-refractivity contribution is 5.76. The van der Waals surface area contributed by atoms with E-state index in [0.29, 0.717) is 0 Å². The molecule has 1 atom stereocenters. The van der Waals surface area contributed by atoms with E-state index in [4.69, 9.17) is 10.2 Å². The number of carboxylic acid groups (broad SMARTS) is 1. The summed E-state index contributed by atoms with van der Waals surface area (Å²) in [6.07, 6.45) is -5.34. The summed E-state index contributed by atoms with van der Waals surface area (Å²) in [5.41, 5.74) is 0. The highest BCUT2D eigenvalue weighted by atomic mass is 19.4. The Morgan fingerprint density at radius 3 is 2.00 bits per heavy atom. The Hall–Kier alpha value is -0.820. The molecule has 0 fully saturated rings. The molecule has 2 N–H and O–H groups in total. The van der Waals surface area contributed by atoms with Gasteiger partial charge in [-0.05, 0) is 6.92 Å². The Bertz CT molecular complexity index is 178. The molecule has 0 aromatic rings. The van der Waals surface area contributed by atoms with Crippen LogP contribution < -0.4 is 0 Å². The Balaban J connectivity index is 4.75. The summed E-state index contributed by atoms with van der Waals surface area (Å²) >= 11 is 0. The van der Waals surface area contributed by atoms with E-state index in [9.17, 15) is 18.0 Å². The molecule has 0 aromatic carbocycles. The fraction of sp³-hybridized carbons (Fsp3) is 0.800. The van der Waals surface area contributed by atoms with Gasteiger partial charge < -0.3 is 14.9 Å². The molecule has 0 saturated carbocycles. The number of aliphatic hydroxyl groups is 1. The number of rotatable bonds is 3. The van der Waals surface area contributed by atoms with Crippen LogP contribution in [0.1, 0.15) is 6.92 Å². The van der Waals surface area contributed by atoms with Crippen LogP contribution in [0.5, 0.6) is 0 Å². The van der Waals surface area contributed by atoms with Gasteiger partial charge in [0.15, 0.2) is 0 Å². The predicted molar refractivity (Wildman–Crippen MR) is 30.3 cm³/mol. The van der Waals surface area contributed by atoms with Gasteiger partial charge >= 0.3 is 17.9 Å². The molecule has 0 spiro atoms. The second-order valence-corrected chi connectivity index (χ2v) is 1.88. The minimum absolute atomic E-state index is 0.553. The molecule has 0 rings (SSSR count). The number of aliphatic carboxylic acids is 1. The van der Waals surface area contributed by atoms with E-state index in [1.54, 1.807) is 0 Å². The molecule has 4 nitrogen and oxygen atoms in total. The zero-order chi connectivity index (χ0) is 9.99. The number of hydrogen-bond acceptors (Lipinski definition) is 3. The molecule has 0 aliphatic rings. The zero-order valence-electron chi connectivity index (χ0n) is 6.05. The number of alkyl halides is 3. The quantitative estimate of drug-likeness (QED) is 0.627. The van der Waals surface area contributed by atoms with Crippen molar-refractivity contribution < 1.29 is 32.9 Å². The van der Waals surface area contributed by atoms with E-state index in [-0.39, 0.29) is 0 Å². The Morgan fingerprint density at radius 1 is 1.50 bits per heavy atom. The maximum absolute atomic E-state index is 11.8. The van der Waals surface area contributed by atoms with Crippen molar-refractivity contribution >= 4 is 5.97 Å². The van der Waals surface area contributed by atoms with Crippen LogP contribution >= 0.6 is 0 Å². The van der Waals surface area contributed by atoms with E-state index in [1.807, 2.05) is 0 Å². The van der Waals surface area contributed by atoms with Crippen LogP contribution in [0, 0.1) is 0 Å². The standard InChI is InChI=1S/C5H7F3O4/c1-2-12-4(11,3(9)10)5(6,7)8/h11H,2H2,1H3,(H,9,10). The van der Waals surface area contributed by atoms with Crippen LogP contribution in [0.4, 0.5) is 13.2 Å². The van der Waals surface area contributed by atoms with Gasteiger partial charge in [0.05, 0.1) is 0 Å². The van der Waals surface area contributed by atoms with Gasteiger partial charge in [0.1, 0.15) is 0 Å². The largest absolute Gasteiger partial charge is 0.477 e. The Morgan fingerprint density at radius 2 is 1.92 bits per heavy atom. The van der Waals surface area contributed by atoms with Crippen LogP contribution in [0.3, 0.4) is 0 Å². The first kappa shape index (κ1) is 11.2. The normalized spacial score (nSPS) is 17.1. The van der Waals surface area contributed by atoms with Crippen LogP contribution in [-0.2, 0) is 9.53 Å². The van der Waals surface area contributed by atoms with Gasteiger partial charge in [-0.1, -0.05) is 0 Å². The molecule has 72 valence electrons. The van der Waals surface area contributed by atoms with Gasteiger partial charge in [-0.25, -0.2) is 4.79 Å². The number of halogens is 3. The number of carbonyl (C=O) groups is 1. The summed E-state index contributed by atoms with van der Waals surface area (Å²) < 4.78 is 39.0. The fourth-order valence-corrected chi connectivity index (χ4v) is 0.474. The molecule has 0 aromatic heterocycles. The second-order valence-electron chi connectivity index (χ2n) is 1.88. The lowest BCUT2D eigenvalue weighted by Gasteiger charge is -2.24. The first-order valence-electron chi connectivity index (χ1n) is 2.92. The smallest absolute Gasteiger partial charge is 0.455 e. The van der Waals surface area contributed by atoms with Crippen LogP contribution in [-0.4, -0.2) is 34.8 Å². The average Bonchev–Trinajstić information content (AvgIpc) is 1.85. The molecule has 0 aliphatic carbocycles. The van der Waals surface area contributed by atoms with Crippen molar-refractivity contribution in [1.82, 2.24) is 0 Å². The molecular weight excluding hydrogens is 181 g/mol. The second kappa shape index (κ2) is 3.28. The SMILES string of the molecule is CCOC(O)(C(=O)O)C(F)(F)F. The molecule has 0 bridgehead atoms. The van der Waals surface area contributed by atoms with E-state index >= 15 is 0 Å². The molecule has 7 heteroatoms. The summed E-state index contributed by atoms with van der Waals surface area (Å²) in [7, 11) is 0. The van der Waals surface area contributed by atoms with Gasteiger partial charge in [-0.2, -0.15) is 13.2 Å². The van der Waals surface area contributed by atoms with Crippen LogP contribution in [0.2, 0.25) is 0 Å². The monoisotopic (exact) mass is 188 g/mol. The third-order valence-electron chi connectivity index (χ3n) is 1.03. The molecule has 12 heavy (non-hydrogen) atoms. The molecule has 0 radical (unpaired) electrons. The third-order valence-corrected chi connectivity index (χ3v) is 1.03. The lowest BCUT2D eigenvalue weighted by atomic mass is 10.3. The highest BCUT2D eigenvalue weighted by Crippen LogP contribution is 2.31. The summed E-state index contributed by atoms with van der Waals surface area (Å²) in [5.74, 6) is -6.57. The van der Waals surface area contributed by atoms with Crippen molar-refractivity contribution in [2.75, 3.05) is 6.61 Å². The van der Waals surface area contributed by atoms with Crippen molar-refractivity contribution in [2.45, 2.75) is 18.9 Å². The topological polar surface area (TPSA) is 66.8 Å². The molecule has 0 heterocycles. The van der Waals surface area contributed by atoms with Gasteiger partial charge in [0.2, 0.25) is 0 Å². The van der Waals surface area contributed by atoms with Crippen molar-refractivity contribution in [1.29, 1.82) is 0 Å². The van der Waals surface area contributed by atoms with Crippen molar-refractivity contribution in [2.24, 2.45) is 0 Å². The van der Waals surface area contributed by atoms with E-state index in [0.717, 1.165) is 6.92 Å². The lowest BCUT2D eigenvalue weighted by Crippen LogP contribution is -2.54. The van der Waals surface area contributed by atoms with Gasteiger partial charge in [0.25, 0.3) is 0 Å². The van der Waals surface area contributed by atoms with Gasteiger partial charge in [0, 0.05) is 6.61 Å².